The van der Waals surface area contributed by atoms with Gasteiger partial charge >= 0.3 is 5.97 Å². The smallest absolute Gasteiger partial charge is 0.307 e. The molecule has 84 valence electrons. The molecule has 1 aliphatic rings. The summed E-state index contributed by atoms with van der Waals surface area (Å²) in [5.74, 6) is -0.354. The number of likely N-dealkylation sites (tertiary alicyclic amines) is 1. The lowest BCUT2D eigenvalue weighted by Crippen LogP contribution is -2.44. The van der Waals surface area contributed by atoms with E-state index in [-0.39, 0.29) is 24.3 Å². The summed E-state index contributed by atoms with van der Waals surface area (Å²) < 4.78 is 4.61. The molecule has 1 amide bonds. The van der Waals surface area contributed by atoms with Gasteiger partial charge in [-0.25, -0.2) is 0 Å². The highest BCUT2D eigenvalue weighted by Crippen LogP contribution is 2.20. The lowest BCUT2D eigenvalue weighted by Gasteiger charge is -2.34. The van der Waals surface area contributed by atoms with E-state index in [0.29, 0.717) is 6.54 Å². The summed E-state index contributed by atoms with van der Waals surface area (Å²) >= 11 is 0. The fourth-order valence-electron chi connectivity index (χ4n) is 1.90. The molecule has 0 unspecified atom stereocenters. The van der Waals surface area contributed by atoms with E-state index in [1.54, 1.807) is 4.90 Å². The SMILES string of the molecule is C=CC(=O)N1CCCC[C@H]1CC(=O)OC. The van der Waals surface area contributed by atoms with Crippen LogP contribution in [0.4, 0.5) is 0 Å². The van der Waals surface area contributed by atoms with Crippen molar-refractivity contribution in [1.29, 1.82) is 0 Å². The maximum Gasteiger partial charge on any atom is 0.307 e. The zero-order valence-electron chi connectivity index (χ0n) is 9.07. The van der Waals surface area contributed by atoms with Gasteiger partial charge in [-0.1, -0.05) is 6.58 Å². The molecule has 15 heavy (non-hydrogen) atoms. The van der Waals surface area contributed by atoms with Crippen molar-refractivity contribution in [1.82, 2.24) is 4.90 Å². The molecule has 1 rings (SSSR count). The Bertz CT molecular complexity index is 263. The molecule has 0 bridgehead atoms. The Morgan fingerprint density at radius 3 is 2.87 bits per heavy atom. The summed E-state index contributed by atoms with van der Waals surface area (Å²) in [6, 6.07) is -0.0169. The van der Waals surface area contributed by atoms with Gasteiger partial charge in [0.25, 0.3) is 0 Å². The predicted octanol–water partition coefficient (Wildman–Crippen LogP) is 1.12. The third-order valence-electron chi connectivity index (χ3n) is 2.71. The summed E-state index contributed by atoms with van der Waals surface area (Å²) in [6.45, 7) is 4.18. The maximum atomic E-state index is 11.5. The maximum absolute atomic E-state index is 11.5. The van der Waals surface area contributed by atoms with Gasteiger partial charge in [-0.3, -0.25) is 9.59 Å². The Balaban J connectivity index is 2.61. The molecule has 0 saturated carbocycles. The molecule has 0 aromatic carbocycles. The van der Waals surface area contributed by atoms with Gasteiger partial charge in [-0.2, -0.15) is 0 Å². The van der Waals surface area contributed by atoms with Gasteiger partial charge in [0, 0.05) is 12.6 Å². The van der Waals surface area contributed by atoms with E-state index in [2.05, 4.69) is 11.3 Å². The molecule has 0 aliphatic carbocycles. The van der Waals surface area contributed by atoms with E-state index in [9.17, 15) is 9.59 Å². The number of hydrogen-bond acceptors (Lipinski definition) is 3. The van der Waals surface area contributed by atoms with E-state index >= 15 is 0 Å². The first kappa shape index (κ1) is 11.8. The van der Waals surface area contributed by atoms with Crippen LogP contribution in [0, 0.1) is 0 Å². The molecule has 1 aliphatic heterocycles. The minimum atomic E-state index is -0.260. The Morgan fingerprint density at radius 1 is 1.53 bits per heavy atom. The Hall–Kier alpha value is -1.32. The molecule has 0 radical (unpaired) electrons. The normalized spacial score (nSPS) is 20.9. The second-order valence-corrected chi connectivity index (χ2v) is 3.67. The number of esters is 1. The first-order valence-corrected chi connectivity index (χ1v) is 5.19. The highest BCUT2D eigenvalue weighted by atomic mass is 16.5. The zero-order valence-corrected chi connectivity index (χ0v) is 9.07. The number of carbonyl (C=O) groups is 2. The fraction of sp³-hybridized carbons (Fsp3) is 0.636. The summed E-state index contributed by atoms with van der Waals surface area (Å²) in [6.07, 6.45) is 4.51. The Morgan fingerprint density at radius 2 is 2.27 bits per heavy atom. The second kappa shape index (κ2) is 5.53. The van der Waals surface area contributed by atoms with E-state index in [4.69, 9.17) is 0 Å². The summed E-state index contributed by atoms with van der Waals surface area (Å²) in [7, 11) is 1.37. The molecule has 1 fully saturated rings. The standard InChI is InChI=1S/C11H17NO3/c1-3-10(13)12-7-5-4-6-9(12)8-11(14)15-2/h3,9H,1,4-8H2,2H3/t9-/m0/s1. The van der Waals surface area contributed by atoms with Crippen molar-refractivity contribution in [2.75, 3.05) is 13.7 Å². The third kappa shape index (κ3) is 3.08. The van der Waals surface area contributed by atoms with Gasteiger partial charge in [-0.15, -0.1) is 0 Å². The quantitative estimate of drug-likeness (QED) is 0.519. The van der Waals surface area contributed by atoms with E-state index in [0.717, 1.165) is 19.3 Å². The van der Waals surface area contributed by atoms with E-state index < -0.39 is 0 Å². The van der Waals surface area contributed by atoms with Crippen molar-refractivity contribution >= 4 is 11.9 Å². The number of hydrogen-bond donors (Lipinski definition) is 0. The van der Waals surface area contributed by atoms with Crippen LogP contribution in [0.5, 0.6) is 0 Å². The predicted molar refractivity (Wildman–Crippen MR) is 56.2 cm³/mol. The highest BCUT2D eigenvalue weighted by molar-refractivity contribution is 5.87. The van der Waals surface area contributed by atoms with Gasteiger partial charge in [0.15, 0.2) is 0 Å². The van der Waals surface area contributed by atoms with Crippen molar-refractivity contribution in [3.8, 4) is 0 Å². The van der Waals surface area contributed by atoms with Gasteiger partial charge < -0.3 is 9.64 Å². The van der Waals surface area contributed by atoms with E-state index in [1.807, 2.05) is 0 Å². The monoisotopic (exact) mass is 211 g/mol. The first-order chi connectivity index (χ1) is 7.19. The molecule has 0 N–H and O–H groups in total. The molecule has 4 nitrogen and oxygen atoms in total. The average molecular weight is 211 g/mol. The van der Waals surface area contributed by atoms with Crippen LogP contribution in [0.3, 0.4) is 0 Å². The number of rotatable bonds is 3. The van der Waals surface area contributed by atoms with Crippen molar-refractivity contribution in [2.45, 2.75) is 31.7 Å². The molecular formula is C11H17NO3. The van der Waals surface area contributed by atoms with Gasteiger partial charge in [-0.05, 0) is 25.3 Å². The molecule has 1 saturated heterocycles. The van der Waals surface area contributed by atoms with Crippen molar-refractivity contribution in [3.05, 3.63) is 12.7 Å². The Kier molecular flexibility index (Phi) is 4.34. The molecule has 1 heterocycles. The van der Waals surface area contributed by atoms with Gasteiger partial charge in [0.2, 0.25) is 5.91 Å². The minimum absolute atomic E-state index is 0.0169. The molecule has 1 atom stereocenters. The average Bonchev–Trinajstić information content (AvgIpc) is 2.28. The number of amides is 1. The number of carbonyl (C=O) groups excluding carboxylic acids is 2. The molecule has 0 aromatic rings. The van der Waals surface area contributed by atoms with Crippen LogP contribution in [-0.4, -0.2) is 36.5 Å². The molecular weight excluding hydrogens is 194 g/mol. The fourth-order valence-corrected chi connectivity index (χ4v) is 1.90. The number of nitrogens with zero attached hydrogens (tertiary/aromatic N) is 1. The second-order valence-electron chi connectivity index (χ2n) is 3.67. The molecule has 0 aromatic heterocycles. The number of methoxy groups -OCH3 is 1. The summed E-state index contributed by atoms with van der Waals surface area (Å²) in [4.78, 5) is 24.4. The van der Waals surface area contributed by atoms with Crippen LogP contribution in [0.25, 0.3) is 0 Å². The van der Waals surface area contributed by atoms with Crippen LogP contribution in [0.1, 0.15) is 25.7 Å². The van der Waals surface area contributed by atoms with Crippen molar-refractivity contribution in [3.63, 3.8) is 0 Å². The van der Waals surface area contributed by atoms with Crippen LogP contribution in [0.2, 0.25) is 0 Å². The molecule has 4 heteroatoms. The largest absolute Gasteiger partial charge is 0.469 e. The minimum Gasteiger partial charge on any atom is -0.469 e. The highest BCUT2D eigenvalue weighted by Gasteiger charge is 2.27. The van der Waals surface area contributed by atoms with E-state index in [1.165, 1.54) is 13.2 Å². The zero-order chi connectivity index (χ0) is 11.3. The van der Waals surface area contributed by atoms with Crippen LogP contribution in [-0.2, 0) is 14.3 Å². The van der Waals surface area contributed by atoms with Crippen LogP contribution in [0.15, 0.2) is 12.7 Å². The lowest BCUT2D eigenvalue weighted by atomic mass is 9.99. The Labute approximate surface area is 89.9 Å². The van der Waals surface area contributed by atoms with Crippen molar-refractivity contribution in [2.24, 2.45) is 0 Å². The number of piperidine rings is 1. The number of ether oxygens (including phenoxy) is 1. The lowest BCUT2D eigenvalue weighted by molar-refractivity contribution is -0.143. The van der Waals surface area contributed by atoms with Gasteiger partial charge in [0.1, 0.15) is 0 Å². The van der Waals surface area contributed by atoms with Crippen LogP contribution < -0.4 is 0 Å². The van der Waals surface area contributed by atoms with Crippen LogP contribution >= 0.6 is 0 Å². The third-order valence-corrected chi connectivity index (χ3v) is 2.71. The summed E-state index contributed by atoms with van der Waals surface area (Å²) in [5.41, 5.74) is 0. The van der Waals surface area contributed by atoms with Gasteiger partial charge in [0.05, 0.1) is 13.5 Å². The molecule has 0 spiro atoms. The topological polar surface area (TPSA) is 46.6 Å². The summed E-state index contributed by atoms with van der Waals surface area (Å²) in [5, 5.41) is 0. The first-order valence-electron chi connectivity index (χ1n) is 5.19. The van der Waals surface area contributed by atoms with Crippen molar-refractivity contribution < 1.29 is 14.3 Å².